The molecule has 2 atom stereocenters. The number of aliphatic hydroxyl groups excluding tert-OH is 1. The zero-order valence-electron chi connectivity index (χ0n) is 15.1. The van der Waals surface area contributed by atoms with E-state index in [1.807, 2.05) is 0 Å². The second kappa shape index (κ2) is 7.72. The zero-order chi connectivity index (χ0) is 19.9. The number of amidine groups is 1. The lowest BCUT2D eigenvalue weighted by atomic mass is 9.95. The second-order valence-electron chi connectivity index (χ2n) is 7.40. The molecule has 0 aromatic heterocycles. The van der Waals surface area contributed by atoms with Gasteiger partial charge in [0.2, 0.25) is 0 Å². The lowest BCUT2D eigenvalue weighted by molar-refractivity contribution is -0.154. The van der Waals surface area contributed by atoms with E-state index in [-0.39, 0.29) is 37.8 Å². The molecule has 1 saturated carbocycles. The molecule has 2 unspecified atom stereocenters. The molecule has 0 amide bonds. The monoisotopic (exact) mass is 418 g/mol. The van der Waals surface area contributed by atoms with Crippen LogP contribution >= 0.6 is 11.9 Å². The molecular weight excluding hydrogens is 396 g/mol. The Morgan fingerprint density at radius 3 is 2.75 bits per heavy atom. The highest BCUT2D eigenvalue weighted by atomic mass is 32.2. The molecule has 2 aliphatic heterocycles. The molecule has 0 radical (unpaired) electrons. The van der Waals surface area contributed by atoms with E-state index >= 15 is 0 Å². The maximum absolute atomic E-state index is 14.2. The van der Waals surface area contributed by atoms with Gasteiger partial charge < -0.3 is 20.0 Å². The van der Waals surface area contributed by atoms with Crippen LogP contribution in [-0.2, 0) is 0 Å². The molecule has 1 aliphatic carbocycles. The van der Waals surface area contributed by atoms with Crippen LogP contribution in [0.5, 0.6) is 0 Å². The van der Waals surface area contributed by atoms with Crippen molar-refractivity contribution in [2.45, 2.75) is 48.8 Å². The summed E-state index contributed by atoms with van der Waals surface area (Å²) < 4.78 is 58.9. The van der Waals surface area contributed by atoms with E-state index in [0.717, 1.165) is 18.7 Å². The third-order valence-corrected chi connectivity index (χ3v) is 6.16. The molecule has 154 valence electrons. The van der Waals surface area contributed by atoms with E-state index in [0.29, 0.717) is 22.9 Å². The van der Waals surface area contributed by atoms with Crippen LogP contribution in [0.15, 0.2) is 22.0 Å². The number of nitrogens with zero attached hydrogens (tertiary/aromatic N) is 2. The summed E-state index contributed by atoms with van der Waals surface area (Å²) in [5.74, 6) is 0.494. The summed E-state index contributed by atoms with van der Waals surface area (Å²) in [5, 5.41) is 11.9. The Bertz CT molecular complexity index is 769. The van der Waals surface area contributed by atoms with Gasteiger partial charge in [0.15, 0.2) is 0 Å². The first-order valence-electron chi connectivity index (χ1n) is 9.39. The highest BCUT2D eigenvalue weighted by Crippen LogP contribution is 2.46. The number of benzene rings is 1. The number of nitrogens with one attached hydrogen (secondary N) is 2. The van der Waals surface area contributed by atoms with Gasteiger partial charge in [0.05, 0.1) is 17.2 Å². The third kappa shape index (κ3) is 4.08. The van der Waals surface area contributed by atoms with Crippen molar-refractivity contribution in [1.82, 2.24) is 10.0 Å². The molecule has 10 heteroatoms. The van der Waals surface area contributed by atoms with Crippen molar-refractivity contribution in [3.05, 3.63) is 17.9 Å². The average molecular weight is 418 g/mol. The van der Waals surface area contributed by atoms with Gasteiger partial charge in [0.1, 0.15) is 23.4 Å². The molecule has 3 aliphatic rings. The van der Waals surface area contributed by atoms with E-state index in [1.54, 1.807) is 0 Å². The Morgan fingerprint density at radius 2 is 2.07 bits per heavy atom. The van der Waals surface area contributed by atoms with Crippen molar-refractivity contribution in [3.8, 4) is 0 Å². The van der Waals surface area contributed by atoms with Crippen molar-refractivity contribution in [3.63, 3.8) is 0 Å². The minimum absolute atomic E-state index is 0.128. The summed E-state index contributed by atoms with van der Waals surface area (Å²) in [6.07, 6.45) is -2.12. The van der Waals surface area contributed by atoms with E-state index in [9.17, 15) is 17.6 Å². The summed E-state index contributed by atoms with van der Waals surface area (Å²) in [4.78, 5) is 6.32. The normalized spacial score (nSPS) is 25.2. The highest BCUT2D eigenvalue weighted by Gasteiger charge is 2.47. The van der Waals surface area contributed by atoms with E-state index in [1.165, 1.54) is 29.0 Å². The predicted octanol–water partition coefficient (Wildman–Crippen LogP) is 3.36. The molecule has 3 N–H and O–H groups in total. The Kier molecular flexibility index (Phi) is 5.45. The fourth-order valence-corrected chi connectivity index (χ4v) is 4.61. The Hall–Kier alpha value is -1.52. The van der Waals surface area contributed by atoms with Crippen LogP contribution in [0.25, 0.3) is 0 Å². The van der Waals surface area contributed by atoms with Gasteiger partial charge in [0, 0.05) is 25.0 Å². The van der Waals surface area contributed by atoms with Gasteiger partial charge in [-0.3, -0.25) is 0 Å². The maximum atomic E-state index is 14.2. The lowest BCUT2D eigenvalue weighted by Gasteiger charge is -2.42. The standard InChI is InChI=1S/C18H22F4N4OS/c19-11-7-13(16-14(8-11)28-25-17(24-16)10-1-2-10)26-5-3-12(23-4-6-27)9-15(26)18(20,21)22/h7-8,10,12,15,23,27H,1-6,9H2,(H,24,25). The Labute approximate surface area is 164 Å². The predicted molar refractivity (Wildman–Crippen MR) is 101 cm³/mol. The molecule has 5 nitrogen and oxygen atoms in total. The quantitative estimate of drug-likeness (QED) is 0.506. The summed E-state index contributed by atoms with van der Waals surface area (Å²) in [7, 11) is 0. The molecule has 0 bridgehead atoms. The number of anilines is 1. The topological polar surface area (TPSA) is 59.9 Å². The van der Waals surface area contributed by atoms with Gasteiger partial charge in [-0.15, -0.1) is 0 Å². The number of aliphatic imine (C=N–C) groups is 1. The Balaban J connectivity index is 1.68. The van der Waals surface area contributed by atoms with Gasteiger partial charge in [0.25, 0.3) is 0 Å². The number of hydrogen-bond acceptors (Lipinski definition) is 6. The van der Waals surface area contributed by atoms with Gasteiger partial charge in [-0.2, -0.15) is 13.2 Å². The van der Waals surface area contributed by atoms with Crippen LogP contribution in [0.4, 0.5) is 28.9 Å². The van der Waals surface area contributed by atoms with Gasteiger partial charge in [-0.1, -0.05) is 0 Å². The summed E-state index contributed by atoms with van der Waals surface area (Å²) >= 11 is 1.21. The van der Waals surface area contributed by atoms with E-state index < -0.39 is 18.0 Å². The van der Waals surface area contributed by atoms with Crippen LogP contribution in [-0.4, -0.2) is 48.9 Å². The van der Waals surface area contributed by atoms with Gasteiger partial charge in [-0.25, -0.2) is 9.38 Å². The number of alkyl halides is 3. The molecule has 1 aromatic rings. The minimum Gasteiger partial charge on any atom is -0.395 e. The van der Waals surface area contributed by atoms with Crippen molar-refractivity contribution < 1.29 is 22.7 Å². The summed E-state index contributed by atoms with van der Waals surface area (Å²) in [5.41, 5.74) is 0.619. The van der Waals surface area contributed by atoms with Crippen molar-refractivity contribution in [2.75, 3.05) is 24.6 Å². The fraction of sp³-hybridized carbons (Fsp3) is 0.611. The summed E-state index contributed by atoms with van der Waals surface area (Å²) in [6.45, 7) is 0.259. The molecule has 4 rings (SSSR count). The SMILES string of the molecule is OCCNC1CCN(c2cc(F)cc3c2N=C(C2CC2)NS3)C(C(F)(F)F)C1. The van der Waals surface area contributed by atoms with E-state index in [4.69, 9.17) is 5.11 Å². The molecule has 2 heterocycles. The number of fused-ring (bicyclic) bond motifs is 1. The molecular formula is C18H22F4N4OS. The van der Waals surface area contributed by atoms with Crippen molar-refractivity contribution >= 4 is 29.2 Å². The second-order valence-corrected chi connectivity index (χ2v) is 8.25. The number of piperidine rings is 1. The van der Waals surface area contributed by atoms with Crippen molar-refractivity contribution in [1.29, 1.82) is 0 Å². The number of halogens is 4. The lowest BCUT2D eigenvalue weighted by Crippen LogP contribution is -2.55. The van der Waals surface area contributed by atoms with Crippen LogP contribution < -0.4 is 14.9 Å². The van der Waals surface area contributed by atoms with Crippen LogP contribution in [0.3, 0.4) is 0 Å². The number of aliphatic hydroxyl groups is 1. The Morgan fingerprint density at radius 1 is 1.29 bits per heavy atom. The zero-order valence-corrected chi connectivity index (χ0v) is 15.9. The van der Waals surface area contributed by atoms with Gasteiger partial charge >= 0.3 is 6.18 Å². The molecule has 2 fully saturated rings. The molecule has 0 spiro atoms. The first-order valence-corrected chi connectivity index (χ1v) is 10.2. The average Bonchev–Trinajstić information content (AvgIpc) is 3.50. The fourth-order valence-electron chi connectivity index (χ4n) is 3.77. The molecule has 1 saturated heterocycles. The van der Waals surface area contributed by atoms with Crippen LogP contribution in [0.1, 0.15) is 25.7 Å². The van der Waals surface area contributed by atoms with E-state index in [2.05, 4.69) is 15.0 Å². The maximum Gasteiger partial charge on any atom is 0.408 e. The van der Waals surface area contributed by atoms with Crippen LogP contribution in [0, 0.1) is 11.7 Å². The van der Waals surface area contributed by atoms with Crippen LogP contribution in [0.2, 0.25) is 0 Å². The third-order valence-electron chi connectivity index (χ3n) is 5.32. The smallest absolute Gasteiger partial charge is 0.395 e. The first kappa shape index (κ1) is 19.8. The highest BCUT2D eigenvalue weighted by molar-refractivity contribution is 7.98. The number of rotatable bonds is 5. The summed E-state index contributed by atoms with van der Waals surface area (Å²) in [6, 6.07) is 0.393. The van der Waals surface area contributed by atoms with Crippen molar-refractivity contribution in [2.24, 2.45) is 10.9 Å². The number of hydrogen-bond donors (Lipinski definition) is 3. The minimum atomic E-state index is -4.46. The largest absolute Gasteiger partial charge is 0.408 e. The molecule has 28 heavy (non-hydrogen) atoms. The van der Waals surface area contributed by atoms with Gasteiger partial charge in [-0.05, 0) is 49.8 Å². The first-order chi connectivity index (χ1) is 13.4. The molecule has 1 aromatic carbocycles.